The van der Waals surface area contributed by atoms with Crippen molar-refractivity contribution in [1.82, 2.24) is 9.80 Å². The molecule has 0 spiro atoms. The van der Waals surface area contributed by atoms with Gasteiger partial charge in [0.05, 0.1) is 12.6 Å². The lowest BCUT2D eigenvalue weighted by atomic mass is 10.1. The topological polar surface area (TPSA) is 64.7 Å². The van der Waals surface area contributed by atoms with Crippen molar-refractivity contribution in [2.75, 3.05) is 44.9 Å². The fraction of sp³-hybridized carbons (Fsp3) is 0.533. The van der Waals surface area contributed by atoms with Crippen molar-refractivity contribution in [3.05, 3.63) is 58.7 Å². The SMILES string of the molecule is CC.CC.Cc1cccc(C)c1NC(=O)CN(C)CCC[C@H](C(=O)Nc1c(C)cccc1C)N(C)C. The molecule has 2 aromatic carbocycles. The molecule has 2 N–H and O–H groups in total. The summed E-state index contributed by atoms with van der Waals surface area (Å²) in [6, 6.07) is 11.8. The fourth-order valence-electron chi connectivity index (χ4n) is 3.91. The average Bonchev–Trinajstić information content (AvgIpc) is 2.84. The summed E-state index contributed by atoms with van der Waals surface area (Å²) in [5.41, 5.74) is 6.02. The highest BCUT2D eigenvalue weighted by Crippen LogP contribution is 2.21. The number of carbonyl (C=O) groups excluding carboxylic acids is 2. The largest absolute Gasteiger partial charge is 0.324 e. The molecule has 0 saturated heterocycles. The van der Waals surface area contributed by atoms with E-state index >= 15 is 0 Å². The van der Waals surface area contributed by atoms with Gasteiger partial charge in [-0.3, -0.25) is 19.4 Å². The zero-order valence-electron chi connectivity index (χ0n) is 24.6. The van der Waals surface area contributed by atoms with Gasteiger partial charge >= 0.3 is 0 Å². The highest BCUT2D eigenvalue weighted by molar-refractivity contribution is 5.96. The maximum Gasteiger partial charge on any atom is 0.241 e. The van der Waals surface area contributed by atoms with Crippen LogP contribution in [0.1, 0.15) is 62.8 Å². The summed E-state index contributed by atoms with van der Waals surface area (Å²) >= 11 is 0. The normalized spacial score (nSPS) is 11.1. The van der Waals surface area contributed by atoms with Crippen LogP contribution in [0.5, 0.6) is 0 Å². The van der Waals surface area contributed by atoms with Crippen LogP contribution < -0.4 is 10.6 Å². The molecule has 0 aliphatic heterocycles. The van der Waals surface area contributed by atoms with E-state index in [4.69, 9.17) is 0 Å². The predicted molar refractivity (Wildman–Crippen MR) is 156 cm³/mol. The summed E-state index contributed by atoms with van der Waals surface area (Å²) in [6.07, 6.45) is 1.53. The Balaban J connectivity index is 0.00000291. The van der Waals surface area contributed by atoms with Crippen LogP contribution in [0.3, 0.4) is 0 Å². The van der Waals surface area contributed by atoms with Crippen LogP contribution in [0, 0.1) is 27.7 Å². The van der Waals surface area contributed by atoms with E-state index in [2.05, 4.69) is 10.6 Å². The van der Waals surface area contributed by atoms with E-state index in [1.54, 1.807) is 0 Å². The third kappa shape index (κ3) is 10.9. The predicted octanol–water partition coefficient (Wildman–Crippen LogP) is 6.19. The Morgan fingerprint density at radius 1 is 0.750 bits per heavy atom. The van der Waals surface area contributed by atoms with Crippen molar-refractivity contribution in [1.29, 1.82) is 0 Å². The highest BCUT2D eigenvalue weighted by Gasteiger charge is 2.22. The average molecular weight is 499 g/mol. The number of likely N-dealkylation sites (N-methyl/N-ethyl adjacent to an activating group) is 2. The van der Waals surface area contributed by atoms with Crippen molar-refractivity contribution in [2.24, 2.45) is 0 Å². The van der Waals surface area contributed by atoms with E-state index in [0.717, 1.165) is 46.6 Å². The van der Waals surface area contributed by atoms with Gasteiger partial charge in [-0.2, -0.15) is 0 Å². The number of hydrogen-bond donors (Lipinski definition) is 2. The van der Waals surface area contributed by atoms with Gasteiger partial charge in [0.15, 0.2) is 0 Å². The number of para-hydroxylation sites is 2. The van der Waals surface area contributed by atoms with Crippen LogP contribution in [-0.4, -0.2) is 61.9 Å². The number of amides is 2. The number of hydrogen-bond acceptors (Lipinski definition) is 4. The first-order valence-corrected chi connectivity index (χ1v) is 13.2. The maximum absolute atomic E-state index is 12.9. The Kier molecular flexibility index (Phi) is 16.4. The van der Waals surface area contributed by atoms with Gasteiger partial charge in [-0.25, -0.2) is 0 Å². The molecule has 6 heteroatoms. The van der Waals surface area contributed by atoms with Gasteiger partial charge in [0.1, 0.15) is 0 Å². The quantitative estimate of drug-likeness (QED) is 0.410. The monoisotopic (exact) mass is 498 g/mol. The highest BCUT2D eigenvalue weighted by atomic mass is 16.2. The molecule has 202 valence electrons. The van der Waals surface area contributed by atoms with Crippen molar-refractivity contribution in [3.63, 3.8) is 0 Å². The molecule has 0 saturated carbocycles. The maximum atomic E-state index is 12.9. The number of anilines is 2. The lowest BCUT2D eigenvalue weighted by Gasteiger charge is -2.25. The van der Waals surface area contributed by atoms with Crippen LogP contribution >= 0.6 is 0 Å². The van der Waals surface area contributed by atoms with Gasteiger partial charge < -0.3 is 10.6 Å². The lowest BCUT2D eigenvalue weighted by molar-refractivity contribution is -0.121. The van der Waals surface area contributed by atoms with Gasteiger partial charge in [-0.05, 0) is 90.5 Å². The summed E-state index contributed by atoms with van der Waals surface area (Å²) in [7, 11) is 5.79. The van der Waals surface area contributed by atoms with Crippen molar-refractivity contribution in [2.45, 2.75) is 74.3 Å². The smallest absolute Gasteiger partial charge is 0.241 e. The molecule has 0 bridgehead atoms. The van der Waals surface area contributed by atoms with E-state index < -0.39 is 0 Å². The van der Waals surface area contributed by atoms with Crippen LogP contribution in [0.15, 0.2) is 36.4 Å². The Morgan fingerprint density at radius 2 is 1.17 bits per heavy atom. The number of nitrogens with one attached hydrogen (secondary N) is 2. The summed E-state index contributed by atoms with van der Waals surface area (Å²) in [4.78, 5) is 29.4. The number of benzene rings is 2. The first kappa shape index (κ1) is 33.3. The molecule has 1 atom stereocenters. The van der Waals surface area contributed by atoms with Gasteiger partial charge in [-0.1, -0.05) is 64.1 Å². The van der Waals surface area contributed by atoms with Crippen molar-refractivity contribution >= 4 is 23.2 Å². The molecule has 2 aromatic rings. The first-order valence-electron chi connectivity index (χ1n) is 13.2. The first-order chi connectivity index (χ1) is 17.1. The van der Waals surface area contributed by atoms with E-state index in [1.807, 2.05) is 123 Å². The van der Waals surface area contributed by atoms with Crippen LogP contribution in [0.25, 0.3) is 0 Å². The van der Waals surface area contributed by atoms with Gasteiger partial charge in [0.2, 0.25) is 11.8 Å². The van der Waals surface area contributed by atoms with Crippen molar-refractivity contribution < 1.29 is 9.59 Å². The summed E-state index contributed by atoms with van der Waals surface area (Å²) in [5, 5.41) is 6.14. The molecule has 2 amide bonds. The number of rotatable bonds is 10. The minimum atomic E-state index is -0.231. The molecule has 36 heavy (non-hydrogen) atoms. The van der Waals surface area contributed by atoms with Gasteiger partial charge in [0.25, 0.3) is 0 Å². The zero-order chi connectivity index (χ0) is 27.8. The Hall–Kier alpha value is -2.70. The molecule has 0 radical (unpaired) electrons. The van der Waals surface area contributed by atoms with Gasteiger partial charge in [-0.15, -0.1) is 0 Å². The molecule has 6 nitrogen and oxygen atoms in total. The number of aryl methyl sites for hydroxylation is 4. The minimum Gasteiger partial charge on any atom is -0.324 e. The van der Waals surface area contributed by atoms with Crippen LogP contribution in [0.4, 0.5) is 11.4 Å². The summed E-state index contributed by atoms with van der Waals surface area (Å²) in [5.74, 6) is -0.0235. The third-order valence-corrected chi connectivity index (χ3v) is 5.83. The standard InChI is InChI=1S/C26H38N4O2.2C2H6/c1-18-11-8-12-19(2)24(18)27-23(31)17-30(7)16-10-15-22(29(5)6)26(32)28-25-20(3)13-9-14-21(25)4;2*1-2/h8-9,11-14,22H,10,15-17H2,1-7H3,(H,27,31)(H,28,32);2*1-2H3/t22-;;/m1../s1. The second-order valence-electron chi connectivity index (χ2n) is 8.93. The van der Waals surface area contributed by atoms with Gasteiger partial charge in [0, 0.05) is 11.4 Å². The second-order valence-corrected chi connectivity index (χ2v) is 8.93. The Morgan fingerprint density at radius 3 is 1.58 bits per heavy atom. The lowest BCUT2D eigenvalue weighted by Crippen LogP contribution is -2.40. The van der Waals surface area contributed by atoms with Crippen molar-refractivity contribution in [3.8, 4) is 0 Å². The molecule has 0 heterocycles. The summed E-state index contributed by atoms with van der Waals surface area (Å²) < 4.78 is 0. The van der Waals surface area contributed by atoms with E-state index in [9.17, 15) is 9.59 Å². The van der Waals surface area contributed by atoms with Crippen LogP contribution in [-0.2, 0) is 9.59 Å². The molecule has 0 aliphatic carbocycles. The molecular formula is C30H50N4O2. The number of nitrogens with zero attached hydrogens (tertiary/aromatic N) is 2. The van der Waals surface area contributed by atoms with E-state index in [1.165, 1.54) is 0 Å². The van der Waals surface area contributed by atoms with E-state index in [0.29, 0.717) is 13.0 Å². The minimum absolute atomic E-state index is 0.00261. The summed E-state index contributed by atoms with van der Waals surface area (Å²) in [6.45, 7) is 17.1. The second kappa shape index (κ2) is 17.7. The molecule has 0 aromatic heterocycles. The Bertz CT molecular complexity index is 900. The fourth-order valence-corrected chi connectivity index (χ4v) is 3.91. The Labute approximate surface area is 220 Å². The van der Waals surface area contributed by atoms with Crippen LogP contribution in [0.2, 0.25) is 0 Å². The number of carbonyl (C=O) groups is 2. The van der Waals surface area contributed by atoms with E-state index in [-0.39, 0.29) is 17.9 Å². The molecule has 0 aliphatic rings. The third-order valence-electron chi connectivity index (χ3n) is 5.83. The zero-order valence-corrected chi connectivity index (χ0v) is 24.6. The molecular weight excluding hydrogens is 448 g/mol. The molecule has 0 unspecified atom stereocenters. The molecule has 0 fully saturated rings. The molecule has 2 rings (SSSR count).